The maximum atomic E-state index is 12.5. The van der Waals surface area contributed by atoms with Gasteiger partial charge in [-0.15, -0.1) is 0 Å². The first-order valence-electron chi connectivity index (χ1n) is 7.53. The summed E-state index contributed by atoms with van der Waals surface area (Å²) in [5.41, 5.74) is 6.20. The molecule has 0 saturated carbocycles. The first-order chi connectivity index (χ1) is 10.1. The lowest BCUT2D eigenvalue weighted by atomic mass is 10.1. The van der Waals surface area contributed by atoms with Crippen LogP contribution in [0.5, 0.6) is 0 Å². The van der Waals surface area contributed by atoms with Crippen LogP contribution in [0.1, 0.15) is 43.8 Å². The Labute approximate surface area is 125 Å². The number of aromatic nitrogens is 1. The fourth-order valence-electron chi connectivity index (χ4n) is 2.97. The first kappa shape index (κ1) is 15.4. The number of hydrogen-bond donors (Lipinski definition) is 2. The molecule has 2 rings (SSSR count). The summed E-state index contributed by atoms with van der Waals surface area (Å²) in [6.45, 7) is 1.08. The van der Waals surface area contributed by atoms with Crippen molar-refractivity contribution in [2.75, 3.05) is 13.1 Å². The van der Waals surface area contributed by atoms with Crippen LogP contribution in [-0.2, 0) is 11.8 Å². The molecule has 1 aromatic heterocycles. The molecule has 0 bridgehead atoms. The summed E-state index contributed by atoms with van der Waals surface area (Å²) in [5, 5.41) is 2.48. The third-order valence-electron chi connectivity index (χ3n) is 4.04. The second-order valence-corrected chi connectivity index (χ2v) is 5.54. The number of hydrogen-bond acceptors (Lipinski definition) is 2. The average molecular weight is 292 g/mol. The lowest BCUT2D eigenvalue weighted by Crippen LogP contribution is -2.38. The van der Waals surface area contributed by atoms with Crippen LogP contribution in [0.15, 0.2) is 18.3 Å². The number of likely N-dealkylation sites (tertiary alicyclic amines) is 1. The smallest absolute Gasteiger partial charge is 0.312 e. The number of rotatable bonds is 4. The van der Waals surface area contributed by atoms with E-state index in [-0.39, 0.29) is 11.9 Å². The van der Waals surface area contributed by atoms with Crippen molar-refractivity contribution in [3.8, 4) is 0 Å². The number of nitrogens with two attached hydrogens (primary N) is 1. The van der Waals surface area contributed by atoms with E-state index in [1.807, 2.05) is 24.2 Å². The highest BCUT2D eigenvalue weighted by Crippen LogP contribution is 2.30. The number of primary amides is 1. The molecule has 1 fully saturated rings. The minimum atomic E-state index is -0.586. The van der Waals surface area contributed by atoms with Gasteiger partial charge in [-0.3, -0.25) is 4.79 Å². The molecule has 116 valence electrons. The normalized spacial score (nSPS) is 19.1. The van der Waals surface area contributed by atoms with Gasteiger partial charge in [0.25, 0.3) is 0 Å². The van der Waals surface area contributed by atoms with Crippen molar-refractivity contribution in [1.29, 1.82) is 0 Å². The van der Waals surface area contributed by atoms with Crippen molar-refractivity contribution in [2.45, 2.75) is 38.1 Å². The van der Waals surface area contributed by atoms with Crippen LogP contribution < -0.4 is 11.1 Å². The van der Waals surface area contributed by atoms with Crippen LogP contribution in [0.2, 0.25) is 0 Å². The summed E-state index contributed by atoms with van der Waals surface area (Å²) in [6, 6.07) is 3.64. The monoisotopic (exact) mass is 292 g/mol. The summed E-state index contributed by atoms with van der Waals surface area (Å²) in [7, 11) is 2.01. The fourth-order valence-corrected chi connectivity index (χ4v) is 2.97. The second-order valence-electron chi connectivity index (χ2n) is 5.54. The highest BCUT2D eigenvalue weighted by atomic mass is 16.2. The molecule has 0 aromatic carbocycles. The Kier molecular flexibility index (Phi) is 5.25. The lowest BCUT2D eigenvalue weighted by molar-refractivity contribution is -0.133. The molecule has 21 heavy (non-hydrogen) atoms. The molecule has 0 aliphatic carbocycles. The van der Waals surface area contributed by atoms with Gasteiger partial charge in [0.15, 0.2) is 0 Å². The third kappa shape index (κ3) is 4.00. The lowest BCUT2D eigenvalue weighted by Gasteiger charge is -2.30. The molecule has 2 heterocycles. The number of nitrogens with one attached hydrogen (secondary N) is 1. The highest BCUT2D eigenvalue weighted by molar-refractivity contribution is 5.78. The molecule has 1 saturated heterocycles. The van der Waals surface area contributed by atoms with Crippen LogP contribution in [0.3, 0.4) is 0 Å². The number of urea groups is 1. The van der Waals surface area contributed by atoms with E-state index in [0.29, 0.717) is 13.0 Å². The van der Waals surface area contributed by atoms with E-state index in [0.717, 1.165) is 32.2 Å². The number of aryl methyl sites for hydroxylation is 1. The molecule has 1 aromatic rings. The molecule has 0 spiro atoms. The van der Waals surface area contributed by atoms with Crippen molar-refractivity contribution in [3.63, 3.8) is 0 Å². The molecule has 6 nitrogen and oxygen atoms in total. The zero-order valence-corrected chi connectivity index (χ0v) is 12.5. The highest BCUT2D eigenvalue weighted by Gasteiger charge is 2.27. The van der Waals surface area contributed by atoms with Gasteiger partial charge in [-0.1, -0.05) is 12.8 Å². The van der Waals surface area contributed by atoms with Gasteiger partial charge in [-0.05, 0) is 25.0 Å². The van der Waals surface area contributed by atoms with Gasteiger partial charge >= 0.3 is 6.03 Å². The number of amides is 3. The fraction of sp³-hybridized carbons (Fsp3) is 0.600. The molecule has 1 aliphatic heterocycles. The Bertz CT molecular complexity index is 498. The van der Waals surface area contributed by atoms with Crippen molar-refractivity contribution >= 4 is 11.9 Å². The van der Waals surface area contributed by atoms with Crippen LogP contribution in [0, 0.1) is 0 Å². The quantitative estimate of drug-likeness (QED) is 0.882. The molecular weight excluding hydrogens is 268 g/mol. The summed E-state index contributed by atoms with van der Waals surface area (Å²) in [4.78, 5) is 25.1. The molecular formula is C15H24N4O2. The minimum absolute atomic E-state index is 0.0804. The van der Waals surface area contributed by atoms with Crippen molar-refractivity contribution in [3.05, 3.63) is 24.0 Å². The standard InChI is InChI=1S/C15H24N4O2/c1-18-10-5-7-12(18)13-6-3-2-4-11-19(13)14(20)8-9-17-15(16)21/h5,7,10,13H,2-4,6,8-9,11H2,1H3,(H3,16,17,21)/t13-/m0/s1. The van der Waals surface area contributed by atoms with Crippen LogP contribution in [0.4, 0.5) is 4.79 Å². The predicted molar refractivity (Wildman–Crippen MR) is 80.5 cm³/mol. The molecule has 1 aliphatic rings. The summed E-state index contributed by atoms with van der Waals surface area (Å²) in [6.07, 6.45) is 6.63. The topological polar surface area (TPSA) is 80.4 Å². The van der Waals surface area contributed by atoms with Gasteiger partial charge in [0.1, 0.15) is 0 Å². The number of nitrogens with zero attached hydrogens (tertiary/aromatic N) is 2. The Balaban J connectivity index is 2.07. The minimum Gasteiger partial charge on any atom is -0.353 e. The van der Waals surface area contributed by atoms with Gasteiger partial charge in [0.05, 0.1) is 6.04 Å². The van der Waals surface area contributed by atoms with Crippen LogP contribution in [0.25, 0.3) is 0 Å². The Morgan fingerprint density at radius 3 is 2.86 bits per heavy atom. The first-order valence-corrected chi connectivity index (χ1v) is 7.53. The van der Waals surface area contributed by atoms with Gasteiger partial charge in [-0.25, -0.2) is 4.79 Å². The molecule has 6 heteroatoms. The maximum absolute atomic E-state index is 12.5. The van der Waals surface area contributed by atoms with E-state index in [1.54, 1.807) is 0 Å². The maximum Gasteiger partial charge on any atom is 0.312 e. The molecule has 3 amide bonds. The molecule has 0 radical (unpaired) electrons. The van der Waals surface area contributed by atoms with E-state index in [4.69, 9.17) is 5.73 Å². The average Bonchev–Trinajstić information content (AvgIpc) is 2.72. The third-order valence-corrected chi connectivity index (χ3v) is 4.04. The van der Waals surface area contributed by atoms with E-state index in [9.17, 15) is 9.59 Å². The Morgan fingerprint density at radius 1 is 1.38 bits per heavy atom. The number of carbonyl (C=O) groups is 2. The largest absolute Gasteiger partial charge is 0.353 e. The SMILES string of the molecule is Cn1cccc1[C@@H]1CCCCCN1C(=O)CCNC(N)=O. The van der Waals surface area contributed by atoms with Crippen molar-refractivity contribution < 1.29 is 9.59 Å². The number of carbonyl (C=O) groups excluding carboxylic acids is 2. The Hall–Kier alpha value is -1.98. The van der Waals surface area contributed by atoms with E-state index in [1.165, 1.54) is 5.69 Å². The summed E-state index contributed by atoms with van der Waals surface area (Å²) >= 11 is 0. The second kappa shape index (κ2) is 7.15. The van der Waals surface area contributed by atoms with E-state index >= 15 is 0 Å². The zero-order chi connectivity index (χ0) is 15.2. The van der Waals surface area contributed by atoms with Gasteiger partial charge in [0, 0.05) is 38.4 Å². The van der Waals surface area contributed by atoms with Crippen LogP contribution in [-0.4, -0.2) is 34.5 Å². The Morgan fingerprint density at radius 2 is 2.19 bits per heavy atom. The predicted octanol–water partition coefficient (Wildman–Crippen LogP) is 1.53. The zero-order valence-electron chi connectivity index (χ0n) is 12.5. The van der Waals surface area contributed by atoms with E-state index in [2.05, 4.69) is 16.0 Å². The molecule has 0 unspecified atom stereocenters. The van der Waals surface area contributed by atoms with Gasteiger partial charge in [0.2, 0.25) is 5.91 Å². The van der Waals surface area contributed by atoms with Gasteiger partial charge in [-0.2, -0.15) is 0 Å². The molecule has 3 N–H and O–H groups in total. The summed E-state index contributed by atoms with van der Waals surface area (Å²) in [5.74, 6) is 0.0804. The van der Waals surface area contributed by atoms with Crippen molar-refractivity contribution in [2.24, 2.45) is 12.8 Å². The van der Waals surface area contributed by atoms with E-state index < -0.39 is 6.03 Å². The van der Waals surface area contributed by atoms with Gasteiger partial charge < -0.3 is 20.5 Å². The van der Waals surface area contributed by atoms with Crippen LogP contribution >= 0.6 is 0 Å². The summed E-state index contributed by atoms with van der Waals surface area (Å²) < 4.78 is 2.08. The molecule has 1 atom stereocenters. The van der Waals surface area contributed by atoms with Crippen molar-refractivity contribution in [1.82, 2.24) is 14.8 Å².